The van der Waals surface area contributed by atoms with E-state index >= 15 is 0 Å². The number of likely N-dealkylation sites (tertiary alicyclic amines) is 1. The standard InChI is InChI=1S/C19H24N6O/c1-2-3-17(26)25-8-5-14(6-9-25)24-18-15-4-7-20-19(15)21-12-16(18)13-10-22-23-11-13/h4,7,10-12,14H,2-3,5-6,8-9H2,1H3,(H,22,23)(H2,20,21,24). The lowest BCUT2D eigenvalue weighted by molar-refractivity contribution is -0.132. The molecule has 26 heavy (non-hydrogen) atoms. The molecule has 7 nitrogen and oxygen atoms in total. The van der Waals surface area contributed by atoms with Crippen molar-refractivity contribution in [3.8, 4) is 11.1 Å². The van der Waals surface area contributed by atoms with E-state index in [2.05, 4.69) is 32.4 Å². The molecule has 0 aromatic carbocycles. The van der Waals surface area contributed by atoms with Crippen molar-refractivity contribution in [3.05, 3.63) is 30.9 Å². The molecule has 1 fully saturated rings. The molecular formula is C19H24N6O. The first-order valence-electron chi connectivity index (χ1n) is 9.26. The van der Waals surface area contributed by atoms with E-state index < -0.39 is 0 Å². The summed E-state index contributed by atoms with van der Waals surface area (Å²) in [5.74, 6) is 0.280. The molecule has 1 aliphatic rings. The molecule has 1 amide bonds. The Balaban J connectivity index is 1.55. The Morgan fingerprint density at radius 1 is 1.35 bits per heavy atom. The van der Waals surface area contributed by atoms with Crippen molar-refractivity contribution in [2.45, 2.75) is 38.6 Å². The number of fused-ring (bicyclic) bond motifs is 1. The number of nitrogens with one attached hydrogen (secondary N) is 3. The third-order valence-corrected chi connectivity index (χ3v) is 5.06. The average molecular weight is 352 g/mol. The van der Waals surface area contributed by atoms with Crippen LogP contribution in [0.2, 0.25) is 0 Å². The van der Waals surface area contributed by atoms with Crippen molar-refractivity contribution in [3.63, 3.8) is 0 Å². The number of anilines is 1. The monoisotopic (exact) mass is 352 g/mol. The first-order chi connectivity index (χ1) is 12.8. The number of carbonyl (C=O) groups excluding carboxylic acids is 1. The van der Waals surface area contributed by atoms with Crippen molar-refractivity contribution in [2.75, 3.05) is 18.4 Å². The summed E-state index contributed by atoms with van der Waals surface area (Å²) in [6, 6.07) is 2.39. The van der Waals surface area contributed by atoms with Crippen molar-refractivity contribution in [1.29, 1.82) is 0 Å². The molecule has 136 valence electrons. The summed E-state index contributed by atoms with van der Waals surface area (Å²) in [6.45, 7) is 3.69. The normalized spacial score (nSPS) is 15.5. The van der Waals surface area contributed by atoms with Crippen molar-refractivity contribution in [2.24, 2.45) is 0 Å². The van der Waals surface area contributed by atoms with Gasteiger partial charge in [-0.05, 0) is 25.3 Å². The minimum absolute atomic E-state index is 0.280. The van der Waals surface area contributed by atoms with Crippen LogP contribution in [0.1, 0.15) is 32.6 Å². The van der Waals surface area contributed by atoms with Gasteiger partial charge in [-0.1, -0.05) is 6.92 Å². The van der Waals surface area contributed by atoms with E-state index in [1.807, 2.05) is 35.8 Å². The highest BCUT2D eigenvalue weighted by molar-refractivity contribution is 5.98. The molecule has 0 saturated carbocycles. The van der Waals surface area contributed by atoms with Crippen molar-refractivity contribution >= 4 is 22.6 Å². The number of piperidine rings is 1. The van der Waals surface area contributed by atoms with Gasteiger partial charge in [-0.2, -0.15) is 5.10 Å². The molecule has 3 aromatic heterocycles. The van der Waals surface area contributed by atoms with E-state index in [0.29, 0.717) is 12.5 Å². The van der Waals surface area contributed by atoms with Gasteiger partial charge in [0.1, 0.15) is 5.65 Å². The van der Waals surface area contributed by atoms with Gasteiger partial charge in [0.25, 0.3) is 0 Å². The minimum atomic E-state index is 0.280. The number of carbonyl (C=O) groups is 1. The van der Waals surface area contributed by atoms with Gasteiger partial charge in [0.15, 0.2) is 0 Å². The summed E-state index contributed by atoms with van der Waals surface area (Å²) >= 11 is 0. The molecule has 4 rings (SSSR count). The zero-order chi connectivity index (χ0) is 17.9. The summed E-state index contributed by atoms with van der Waals surface area (Å²) in [7, 11) is 0. The van der Waals surface area contributed by atoms with Crippen LogP contribution in [-0.4, -0.2) is 50.1 Å². The highest BCUT2D eigenvalue weighted by Gasteiger charge is 2.24. The number of aromatic amines is 2. The molecular weight excluding hydrogens is 328 g/mol. The Hall–Kier alpha value is -2.83. The molecule has 0 atom stereocenters. The lowest BCUT2D eigenvalue weighted by atomic mass is 10.0. The molecule has 0 unspecified atom stereocenters. The summed E-state index contributed by atoms with van der Waals surface area (Å²) in [6.07, 6.45) is 11.0. The summed E-state index contributed by atoms with van der Waals surface area (Å²) in [4.78, 5) is 21.8. The largest absolute Gasteiger partial charge is 0.381 e. The van der Waals surface area contributed by atoms with Gasteiger partial charge in [-0.25, -0.2) is 4.98 Å². The fraction of sp³-hybridized carbons (Fsp3) is 0.421. The van der Waals surface area contributed by atoms with Crippen LogP contribution in [-0.2, 0) is 4.79 Å². The number of pyridine rings is 1. The maximum absolute atomic E-state index is 12.1. The van der Waals surface area contributed by atoms with E-state index in [9.17, 15) is 4.79 Å². The van der Waals surface area contributed by atoms with Crippen LogP contribution < -0.4 is 5.32 Å². The first kappa shape index (κ1) is 16.6. The van der Waals surface area contributed by atoms with E-state index in [-0.39, 0.29) is 5.91 Å². The first-order valence-corrected chi connectivity index (χ1v) is 9.26. The summed E-state index contributed by atoms with van der Waals surface area (Å²) in [5, 5.41) is 11.7. The third-order valence-electron chi connectivity index (χ3n) is 5.06. The number of rotatable bonds is 5. The van der Waals surface area contributed by atoms with Crippen molar-refractivity contribution < 1.29 is 4.79 Å². The molecule has 4 heterocycles. The second-order valence-corrected chi connectivity index (χ2v) is 6.82. The number of hydrogen-bond donors (Lipinski definition) is 3. The Morgan fingerprint density at radius 2 is 2.19 bits per heavy atom. The Bertz CT molecular complexity index is 877. The summed E-state index contributed by atoms with van der Waals surface area (Å²) in [5.41, 5.74) is 4.00. The van der Waals surface area contributed by atoms with Gasteiger partial charge < -0.3 is 15.2 Å². The smallest absolute Gasteiger partial charge is 0.222 e. The second kappa shape index (κ2) is 7.19. The summed E-state index contributed by atoms with van der Waals surface area (Å²) < 4.78 is 0. The highest BCUT2D eigenvalue weighted by Crippen LogP contribution is 2.34. The third kappa shape index (κ3) is 3.16. The van der Waals surface area contributed by atoms with Gasteiger partial charge >= 0.3 is 0 Å². The van der Waals surface area contributed by atoms with Gasteiger partial charge in [-0.3, -0.25) is 9.89 Å². The van der Waals surface area contributed by atoms with Crippen LogP contribution in [0.3, 0.4) is 0 Å². The van der Waals surface area contributed by atoms with Gasteiger partial charge in [0, 0.05) is 60.7 Å². The van der Waals surface area contributed by atoms with Gasteiger partial charge in [0.05, 0.1) is 11.9 Å². The molecule has 0 radical (unpaired) electrons. The Labute approximate surface area is 152 Å². The molecule has 1 aliphatic heterocycles. The predicted molar refractivity (Wildman–Crippen MR) is 102 cm³/mol. The van der Waals surface area contributed by atoms with E-state index in [4.69, 9.17) is 0 Å². The maximum atomic E-state index is 12.1. The van der Waals surface area contributed by atoms with Crippen LogP contribution in [0.4, 0.5) is 5.69 Å². The zero-order valence-corrected chi connectivity index (χ0v) is 15.0. The molecule has 7 heteroatoms. The zero-order valence-electron chi connectivity index (χ0n) is 15.0. The number of nitrogens with zero attached hydrogens (tertiary/aromatic N) is 3. The molecule has 1 saturated heterocycles. The topological polar surface area (TPSA) is 89.7 Å². The van der Waals surface area contributed by atoms with Crippen molar-refractivity contribution in [1.82, 2.24) is 25.1 Å². The maximum Gasteiger partial charge on any atom is 0.222 e. The quantitative estimate of drug-likeness (QED) is 0.658. The lowest BCUT2D eigenvalue weighted by Crippen LogP contribution is -2.42. The van der Waals surface area contributed by atoms with E-state index in [0.717, 1.165) is 60.2 Å². The Kier molecular flexibility index (Phi) is 4.60. The minimum Gasteiger partial charge on any atom is -0.381 e. The van der Waals surface area contributed by atoms with Crippen LogP contribution in [0, 0.1) is 0 Å². The molecule has 0 bridgehead atoms. The highest BCUT2D eigenvalue weighted by atomic mass is 16.2. The van der Waals surface area contributed by atoms with Gasteiger partial charge in [-0.15, -0.1) is 0 Å². The lowest BCUT2D eigenvalue weighted by Gasteiger charge is -2.33. The van der Waals surface area contributed by atoms with E-state index in [1.165, 1.54) is 0 Å². The van der Waals surface area contributed by atoms with Gasteiger partial charge in [0.2, 0.25) is 5.91 Å². The molecule has 3 aromatic rings. The van der Waals surface area contributed by atoms with Crippen LogP contribution in [0.15, 0.2) is 30.9 Å². The SMILES string of the molecule is CCCC(=O)N1CCC(Nc2c(-c3cn[nH]c3)cnc3[nH]ccc23)CC1. The second-order valence-electron chi connectivity index (χ2n) is 6.82. The molecule has 0 spiro atoms. The number of amides is 1. The number of hydrogen-bond acceptors (Lipinski definition) is 4. The fourth-order valence-corrected chi connectivity index (χ4v) is 3.63. The molecule has 0 aliphatic carbocycles. The molecule has 3 N–H and O–H groups in total. The van der Waals surface area contributed by atoms with Crippen LogP contribution in [0.25, 0.3) is 22.2 Å². The van der Waals surface area contributed by atoms with Crippen LogP contribution >= 0.6 is 0 Å². The Morgan fingerprint density at radius 3 is 2.92 bits per heavy atom. The predicted octanol–water partition coefficient (Wildman–Crippen LogP) is 3.16. The van der Waals surface area contributed by atoms with E-state index in [1.54, 1.807) is 0 Å². The van der Waals surface area contributed by atoms with Crippen LogP contribution in [0.5, 0.6) is 0 Å². The fourth-order valence-electron chi connectivity index (χ4n) is 3.63. The number of aromatic nitrogens is 4. The average Bonchev–Trinajstić information content (AvgIpc) is 3.34. The number of H-pyrrole nitrogens is 2.